The minimum Gasteiger partial charge on any atom is -0.443 e. The number of benzene rings is 2. The first-order valence-electron chi connectivity index (χ1n) is 7.86. The average Bonchev–Trinajstić information content (AvgIpc) is 2.75. The molecule has 136 valence electrons. The molecular formula is C19H16F3NO3. The highest BCUT2D eigenvalue weighted by molar-refractivity contribution is 6.21. The van der Waals surface area contributed by atoms with E-state index in [-0.39, 0.29) is 16.8 Å². The number of rotatable bonds is 1. The first-order chi connectivity index (χ1) is 12.0. The molecule has 7 heteroatoms. The molecule has 1 aliphatic heterocycles. The van der Waals surface area contributed by atoms with Crippen LogP contribution in [0.5, 0.6) is 0 Å². The number of imide groups is 1. The summed E-state index contributed by atoms with van der Waals surface area (Å²) in [6, 6.07) is 7.14. The predicted molar refractivity (Wildman–Crippen MR) is 88.4 cm³/mol. The fourth-order valence-electron chi connectivity index (χ4n) is 2.81. The van der Waals surface area contributed by atoms with Crippen molar-refractivity contribution in [2.75, 3.05) is 4.90 Å². The van der Waals surface area contributed by atoms with Gasteiger partial charge in [-0.3, -0.25) is 4.79 Å². The van der Waals surface area contributed by atoms with Gasteiger partial charge < -0.3 is 4.74 Å². The number of halogens is 3. The topological polar surface area (TPSA) is 46.6 Å². The molecule has 26 heavy (non-hydrogen) atoms. The van der Waals surface area contributed by atoms with Crippen molar-refractivity contribution in [3.8, 4) is 0 Å². The van der Waals surface area contributed by atoms with E-state index in [2.05, 4.69) is 0 Å². The Kier molecular flexibility index (Phi) is 4.05. The number of carbonyl (C=O) groups excluding carboxylic acids is 2. The molecule has 2 aromatic carbocycles. The Bertz CT molecular complexity index is 890. The number of anilines is 1. The fourth-order valence-corrected chi connectivity index (χ4v) is 2.81. The van der Waals surface area contributed by atoms with Gasteiger partial charge in [0.15, 0.2) is 0 Å². The molecule has 0 radical (unpaired) electrons. The van der Waals surface area contributed by atoms with Crippen LogP contribution in [-0.4, -0.2) is 17.6 Å². The number of amides is 2. The zero-order valence-electron chi connectivity index (χ0n) is 14.3. The Hall–Kier alpha value is -2.83. The number of carbonyl (C=O) groups is 2. The fraction of sp³-hybridized carbons (Fsp3) is 0.263. The highest BCUT2D eigenvalue weighted by Gasteiger charge is 2.56. The van der Waals surface area contributed by atoms with Crippen LogP contribution in [0.1, 0.15) is 31.9 Å². The lowest BCUT2D eigenvalue weighted by atomic mass is 9.89. The third kappa shape index (κ3) is 2.83. The minimum atomic E-state index is -2.83. The van der Waals surface area contributed by atoms with Crippen LogP contribution in [0.15, 0.2) is 42.5 Å². The summed E-state index contributed by atoms with van der Waals surface area (Å²) in [4.78, 5) is 25.8. The molecule has 4 nitrogen and oxygen atoms in total. The van der Waals surface area contributed by atoms with Gasteiger partial charge in [0.2, 0.25) is 5.67 Å². The maximum Gasteiger partial charge on any atom is 0.421 e. The first kappa shape index (κ1) is 18.0. The lowest BCUT2D eigenvalue weighted by Crippen LogP contribution is -2.44. The first-order valence-corrected chi connectivity index (χ1v) is 7.86. The van der Waals surface area contributed by atoms with Crippen molar-refractivity contribution < 1.29 is 27.5 Å². The minimum absolute atomic E-state index is 0.113. The molecular weight excluding hydrogens is 347 g/mol. The van der Waals surface area contributed by atoms with Crippen molar-refractivity contribution in [3.05, 3.63) is 65.2 Å². The smallest absolute Gasteiger partial charge is 0.421 e. The van der Waals surface area contributed by atoms with Gasteiger partial charge in [-0.2, -0.15) is 0 Å². The van der Waals surface area contributed by atoms with Crippen LogP contribution < -0.4 is 4.90 Å². The van der Waals surface area contributed by atoms with Crippen LogP contribution in [0, 0.1) is 11.6 Å². The Morgan fingerprint density at radius 3 is 2.19 bits per heavy atom. The van der Waals surface area contributed by atoms with Gasteiger partial charge in [0.05, 0.1) is 5.69 Å². The number of ether oxygens (including phenoxy) is 1. The lowest BCUT2D eigenvalue weighted by Gasteiger charge is -2.24. The Balaban J connectivity index is 2.16. The molecule has 0 aromatic heterocycles. The zero-order valence-corrected chi connectivity index (χ0v) is 14.3. The molecule has 0 saturated heterocycles. The van der Waals surface area contributed by atoms with Crippen molar-refractivity contribution in [2.45, 2.75) is 32.0 Å². The quantitative estimate of drug-likeness (QED) is 0.752. The highest BCUT2D eigenvalue weighted by atomic mass is 19.1. The summed E-state index contributed by atoms with van der Waals surface area (Å²) in [5.41, 5.74) is -4.41. The van der Waals surface area contributed by atoms with E-state index in [1.165, 1.54) is 0 Å². The molecule has 0 N–H and O–H groups in total. The standard InChI is InChI=1S/C19H16F3NO3/c1-18(2,3)26-17(25)23-15-9-8-13(21)10-14(15)19(22,16(23)24)11-4-6-12(20)7-5-11/h4-10H,1-3H3/t19-/m0/s1. The van der Waals surface area contributed by atoms with Gasteiger partial charge in [-0.15, -0.1) is 0 Å². The van der Waals surface area contributed by atoms with Crippen molar-refractivity contribution in [1.29, 1.82) is 0 Å². The second kappa shape index (κ2) is 5.86. The largest absolute Gasteiger partial charge is 0.443 e. The summed E-state index contributed by atoms with van der Waals surface area (Å²) < 4.78 is 48.0. The molecule has 1 aliphatic rings. The van der Waals surface area contributed by atoms with E-state index < -0.39 is 34.9 Å². The number of hydrogen-bond donors (Lipinski definition) is 0. The molecule has 2 amide bonds. The summed E-state index contributed by atoms with van der Waals surface area (Å²) in [6.45, 7) is 4.79. The van der Waals surface area contributed by atoms with E-state index in [1.807, 2.05) is 0 Å². The van der Waals surface area contributed by atoms with Gasteiger partial charge in [0.1, 0.15) is 17.2 Å². The summed E-state index contributed by atoms with van der Waals surface area (Å²) in [5, 5.41) is 0. The second-order valence-electron chi connectivity index (χ2n) is 6.95. The number of hydrogen-bond acceptors (Lipinski definition) is 3. The van der Waals surface area contributed by atoms with Crippen LogP contribution in [0.4, 0.5) is 23.7 Å². The van der Waals surface area contributed by atoms with Crippen LogP contribution in [0.25, 0.3) is 0 Å². The molecule has 0 aliphatic carbocycles. The van der Waals surface area contributed by atoms with Crippen molar-refractivity contribution in [3.63, 3.8) is 0 Å². The molecule has 2 aromatic rings. The summed E-state index contributed by atoms with van der Waals surface area (Å²) >= 11 is 0. The third-order valence-corrected chi connectivity index (χ3v) is 3.89. The molecule has 1 atom stereocenters. The highest BCUT2D eigenvalue weighted by Crippen LogP contribution is 2.48. The van der Waals surface area contributed by atoms with Crippen LogP contribution in [-0.2, 0) is 15.2 Å². The SMILES string of the molecule is CC(C)(C)OC(=O)N1C(=O)[C@](F)(c2ccc(F)cc2)c2cc(F)ccc21. The maximum atomic E-state index is 15.9. The van der Waals surface area contributed by atoms with Gasteiger partial charge in [-0.25, -0.2) is 22.9 Å². The molecule has 0 bridgehead atoms. The third-order valence-electron chi connectivity index (χ3n) is 3.89. The Labute approximate surface area is 148 Å². The lowest BCUT2D eigenvalue weighted by molar-refractivity contribution is -0.126. The molecule has 0 fully saturated rings. The van der Waals surface area contributed by atoms with E-state index in [1.54, 1.807) is 20.8 Å². The van der Waals surface area contributed by atoms with Crippen LogP contribution in [0.2, 0.25) is 0 Å². The Morgan fingerprint density at radius 2 is 1.62 bits per heavy atom. The maximum absolute atomic E-state index is 15.9. The van der Waals surface area contributed by atoms with Gasteiger partial charge in [0.25, 0.3) is 5.91 Å². The van der Waals surface area contributed by atoms with Gasteiger partial charge >= 0.3 is 6.09 Å². The molecule has 3 rings (SSSR count). The molecule has 0 spiro atoms. The number of alkyl halides is 1. The number of nitrogens with zero attached hydrogens (tertiary/aromatic N) is 1. The predicted octanol–water partition coefficient (Wildman–Crippen LogP) is 4.46. The normalized spacial score (nSPS) is 19.5. The van der Waals surface area contributed by atoms with Gasteiger partial charge in [-0.1, -0.05) is 12.1 Å². The van der Waals surface area contributed by atoms with Crippen molar-refractivity contribution in [1.82, 2.24) is 0 Å². The van der Waals surface area contributed by atoms with Crippen LogP contribution in [0.3, 0.4) is 0 Å². The van der Waals surface area contributed by atoms with E-state index in [4.69, 9.17) is 4.74 Å². The Morgan fingerprint density at radius 1 is 1.04 bits per heavy atom. The molecule has 0 unspecified atom stereocenters. The van der Waals surface area contributed by atoms with E-state index in [0.29, 0.717) is 4.90 Å². The second-order valence-corrected chi connectivity index (χ2v) is 6.95. The number of fused-ring (bicyclic) bond motifs is 1. The molecule has 0 saturated carbocycles. The van der Waals surface area contributed by atoms with Crippen molar-refractivity contribution >= 4 is 17.7 Å². The van der Waals surface area contributed by atoms with E-state index in [9.17, 15) is 18.4 Å². The molecule has 1 heterocycles. The van der Waals surface area contributed by atoms with Crippen LogP contribution >= 0.6 is 0 Å². The summed E-state index contributed by atoms with van der Waals surface area (Å²) in [6.07, 6.45) is -1.07. The van der Waals surface area contributed by atoms with E-state index >= 15 is 4.39 Å². The van der Waals surface area contributed by atoms with Gasteiger partial charge in [0, 0.05) is 11.1 Å². The zero-order chi connectivity index (χ0) is 19.3. The van der Waals surface area contributed by atoms with E-state index in [0.717, 1.165) is 42.5 Å². The summed E-state index contributed by atoms with van der Waals surface area (Å²) in [7, 11) is 0. The average molecular weight is 363 g/mol. The monoisotopic (exact) mass is 363 g/mol. The summed E-state index contributed by atoms with van der Waals surface area (Å²) in [5.74, 6) is -2.63. The van der Waals surface area contributed by atoms with Gasteiger partial charge in [-0.05, 0) is 51.1 Å². The van der Waals surface area contributed by atoms with Crippen molar-refractivity contribution in [2.24, 2.45) is 0 Å².